The molecule has 0 bridgehead atoms. The van der Waals surface area contributed by atoms with E-state index in [-0.39, 0.29) is 11.3 Å². The fourth-order valence-electron chi connectivity index (χ4n) is 2.99. The molecule has 0 unspecified atom stereocenters. The van der Waals surface area contributed by atoms with Gasteiger partial charge >= 0.3 is 0 Å². The molecular weight excluding hydrogens is 350 g/mol. The molecule has 0 saturated heterocycles. The highest BCUT2D eigenvalue weighted by Gasteiger charge is 2.22. The lowest BCUT2D eigenvalue weighted by Gasteiger charge is -2.14. The Hall–Kier alpha value is -3.08. The van der Waals surface area contributed by atoms with Crippen molar-refractivity contribution in [3.05, 3.63) is 70.9 Å². The summed E-state index contributed by atoms with van der Waals surface area (Å²) in [5.41, 5.74) is 4.58. The minimum atomic E-state index is -0.186. The molecule has 146 valence electrons. The van der Waals surface area contributed by atoms with Gasteiger partial charge < -0.3 is 10.1 Å². The number of anilines is 1. The molecule has 1 heterocycles. The molecule has 0 atom stereocenters. The largest absolute Gasteiger partial charge is 0.497 e. The van der Waals surface area contributed by atoms with Gasteiger partial charge in [0.15, 0.2) is 0 Å². The number of benzene rings is 2. The molecule has 0 fully saturated rings. The smallest absolute Gasteiger partial charge is 0.256 e. The van der Waals surface area contributed by atoms with E-state index in [1.165, 1.54) is 5.56 Å². The second kappa shape index (κ2) is 7.50. The average molecular weight is 377 g/mol. The summed E-state index contributed by atoms with van der Waals surface area (Å²) in [5.74, 6) is 1.18. The van der Waals surface area contributed by atoms with E-state index in [4.69, 9.17) is 9.84 Å². The van der Waals surface area contributed by atoms with E-state index in [2.05, 4.69) is 52.1 Å². The maximum Gasteiger partial charge on any atom is 0.256 e. The molecule has 5 heteroatoms. The molecule has 0 aliphatic carbocycles. The molecule has 0 aliphatic rings. The predicted molar refractivity (Wildman–Crippen MR) is 113 cm³/mol. The first-order valence-corrected chi connectivity index (χ1v) is 9.32. The van der Waals surface area contributed by atoms with Crippen LogP contribution < -0.4 is 10.1 Å². The summed E-state index contributed by atoms with van der Waals surface area (Å²) >= 11 is 0. The lowest BCUT2D eigenvalue weighted by atomic mass is 9.92. The van der Waals surface area contributed by atoms with Crippen molar-refractivity contribution in [1.29, 1.82) is 0 Å². The van der Waals surface area contributed by atoms with Crippen LogP contribution in [0.1, 0.15) is 48.0 Å². The van der Waals surface area contributed by atoms with Gasteiger partial charge in [0.2, 0.25) is 0 Å². The van der Waals surface area contributed by atoms with Crippen LogP contribution in [-0.4, -0.2) is 22.8 Å². The lowest BCUT2D eigenvalue weighted by molar-refractivity contribution is 0.102. The Balaban J connectivity index is 2.01. The zero-order chi connectivity index (χ0) is 20.5. The first-order valence-electron chi connectivity index (χ1n) is 9.32. The third kappa shape index (κ3) is 4.09. The summed E-state index contributed by atoms with van der Waals surface area (Å²) in [7, 11) is 1.60. The molecule has 0 radical (unpaired) electrons. The van der Waals surface area contributed by atoms with Crippen LogP contribution in [0.4, 0.5) is 5.82 Å². The maximum atomic E-state index is 12.8. The van der Waals surface area contributed by atoms with Crippen LogP contribution in [0, 0.1) is 13.8 Å². The molecule has 3 aromatic rings. The highest BCUT2D eigenvalue weighted by atomic mass is 16.5. The van der Waals surface area contributed by atoms with Crippen molar-refractivity contribution in [3.63, 3.8) is 0 Å². The summed E-state index contributed by atoms with van der Waals surface area (Å²) in [6.45, 7) is 10.4. The summed E-state index contributed by atoms with van der Waals surface area (Å²) in [6.07, 6.45) is 0. The normalized spacial score (nSPS) is 11.4. The van der Waals surface area contributed by atoms with Gasteiger partial charge in [0.05, 0.1) is 18.5 Å². The Labute approximate surface area is 166 Å². The fraction of sp³-hybridized carbons (Fsp3) is 0.304. The Morgan fingerprint density at radius 2 is 1.71 bits per heavy atom. The number of carbonyl (C=O) groups excluding carboxylic acids is 1. The van der Waals surface area contributed by atoms with Gasteiger partial charge in [-0.1, -0.05) is 38.5 Å². The number of hydrogen-bond acceptors (Lipinski definition) is 3. The van der Waals surface area contributed by atoms with E-state index in [1.54, 1.807) is 31.4 Å². The number of hydrogen-bond donors (Lipinski definition) is 1. The van der Waals surface area contributed by atoms with Crippen molar-refractivity contribution in [2.24, 2.45) is 0 Å². The third-order valence-corrected chi connectivity index (χ3v) is 4.65. The standard InChI is InChI=1S/C23H27N3O2/c1-15-7-12-19(16(2)13-15)26-21(14-20(25-26)23(3,4)5)24-22(27)17-8-10-18(28-6)11-9-17/h7-14H,1-6H3,(H,24,27). The van der Waals surface area contributed by atoms with Crippen molar-refractivity contribution in [3.8, 4) is 11.4 Å². The number of rotatable bonds is 4. The van der Waals surface area contributed by atoms with Gasteiger partial charge in [0.1, 0.15) is 11.6 Å². The van der Waals surface area contributed by atoms with Crippen molar-refractivity contribution in [2.45, 2.75) is 40.0 Å². The predicted octanol–water partition coefficient (Wildman–Crippen LogP) is 5.05. The molecule has 1 N–H and O–H groups in total. The van der Waals surface area contributed by atoms with Crippen LogP contribution in [-0.2, 0) is 5.41 Å². The Kier molecular flexibility index (Phi) is 5.27. The zero-order valence-electron chi connectivity index (χ0n) is 17.3. The monoisotopic (exact) mass is 377 g/mol. The Bertz CT molecular complexity index is 996. The first kappa shape index (κ1) is 19.7. The van der Waals surface area contributed by atoms with E-state index in [0.29, 0.717) is 17.1 Å². The number of nitrogens with one attached hydrogen (secondary N) is 1. The lowest BCUT2D eigenvalue weighted by Crippen LogP contribution is -2.15. The van der Waals surface area contributed by atoms with Gasteiger partial charge in [0.25, 0.3) is 5.91 Å². The molecule has 28 heavy (non-hydrogen) atoms. The van der Waals surface area contributed by atoms with Gasteiger partial charge in [0, 0.05) is 17.0 Å². The van der Waals surface area contributed by atoms with Gasteiger partial charge in [-0.15, -0.1) is 0 Å². The molecule has 0 saturated carbocycles. The second-order valence-electron chi connectivity index (χ2n) is 8.05. The first-order chi connectivity index (χ1) is 13.2. The number of aromatic nitrogens is 2. The molecule has 5 nitrogen and oxygen atoms in total. The third-order valence-electron chi connectivity index (χ3n) is 4.65. The van der Waals surface area contributed by atoms with E-state index >= 15 is 0 Å². The van der Waals surface area contributed by atoms with Crippen LogP contribution in [0.2, 0.25) is 0 Å². The Morgan fingerprint density at radius 1 is 1.04 bits per heavy atom. The van der Waals surface area contributed by atoms with Crippen LogP contribution in [0.5, 0.6) is 5.75 Å². The van der Waals surface area contributed by atoms with Crippen molar-refractivity contribution < 1.29 is 9.53 Å². The van der Waals surface area contributed by atoms with Crippen LogP contribution in [0.25, 0.3) is 5.69 Å². The highest BCUT2D eigenvalue weighted by Crippen LogP contribution is 2.28. The quantitative estimate of drug-likeness (QED) is 0.692. The molecule has 1 amide bonds. The summed E-state index contributed by atoms with van der Waals surface area (Å²) in [6, 6.07) is 15.2. The van der Waals surface area contributed by atoms with Gasteiger partial charge in [-0.2, -0.15) is 5.10 Å². The van der Waals surface area contributed by atoms with Crippen molar-refractivity contribution in [2.75, 3.05) is 12.4 Å². The van der Waals surface area contributed by atoms with Crippen molar-refractivity contribution >= 4 is 11.7 Å². The number of carbonyl (C=O) groups is 1. The summed E-state index contributed by atoms with van der Waals surface area (Å²) in [5, 5.41) is 7.82. The maximum absolute atomic E-state index is 12.8. The van der Waals surface area contributed by atoms with Crippen molar-refractivity contribution in [1.82, 2.24) is 9.78 Å². The molecule has 2 aromatic carbocycles. The highest BCUT2D eigenvalue weighted by molar-refractivity contribution is 6.04. The topological polar surface area (TPSA) is 56.1 Å². The van der Waals surface area contributed by atoms with Crippen LogP contribution in [0.15, 0.2) is 48.5 Å². The Morgan fingerprint density at radius 3 is 2.29 bits per heavy atom. The van der Waals surface area contributed by atoms with E-state index in [1.807, 2.05) is 16.8 Å². The average Bonchev–Trinajstić information content (AvgIpc) is 3.05. The molecule has 0 aliphatic heterocycles. The van der Waals surface area contributed by atoms with E-state index < -0.39 is 0 Å². The van der Waals surface area contributed by atoms with Crippen LogP contribution in [0.3, 0.4) is 0 Å². The molecule has 1 aromatic heterocycles. The van der Waals surface area contributed by atoms with E-state index in [0.717, 1.165) is 16.9 Å². The summed E-state index contributed by atoms with van der Waals surface area (Å²) < 4.78 is 6.98. The number of nitrogens with zero attached hydrogens (tertiary/aromatic N) is 2. The number of amides is 1. The fourth-order valence-corrected chi connectivity index (χ4v) is 2.99. The van der Waals surface area contributed by atoms with Crippen LogP contribution >= 0.6 is 0 Å². The van der Waals surface area contributed by atoms with E-state index in [9.17, 15) is 4.79 Å². The number of ether oxygens (including phenoxy) is 1. The minimum absolute atomic E-state index is 0.135. The summed E-state index contributed by atoms with van der Waals surface area (Å²) in [4.78, 5) is 12.8. The molecule has 0 spiro atoms. The minimum Gasteiger partial charge on any atom is -0.497 e. The SMILES string of the molecule is COc1ccc(C(=O)Nc2cc(C(C)(C)C)nn2-c2ccc(C)cc2C)cc1. The number of methoxy groups -OCH3 is 1. The van der Waals surface area contributed by atoms with Gasteiger partial charge in [-0.3, -0.25) is 4.79 Å². The van der Waals surface area contributed by atoms with Gasteiger partial charge in [-0.25, -0.2) is 4.68 Å². The zero-order valence-corrected chi connectivity index (χ0v) is 17.3. The molecular formula is C23H27N3O2. The number of aryl methyl sites for hydroxylation is 2. The van der Waals surface area contributed by atoms with Gasteiger partial charge in [-0.05, 0) is 49.7 Å². The second-order valence-corrected chi connectivity index (χ2v) is 8.05. The molecule has 3 rings (SSSR count).